The summed E-state index contributed by atoms with van der Waals surface area (Å²) in [5, 5.41) is 11.0. The lowest BCUT2D eigenvalue weighted by Gasteiger charge is -2.11. The fourth-order valence-electron chi connectivity index (χ4n) is 3.19. The zero-order valence-corrected chi connectivity index (χ0v) is 18.3. The van der Waals surface area contributed by atoms with E-state index in [1.54, 1.807) is 19.1 Å². The third-order valence-electron chi connectivity index (χ3n) is 4.79. The number of carbonyl (C=O) groups excluding carboxylic acids is 2. The number of hydrogen-bond donors (Lipinski definition) is 0. The molecule has 9 nitrogen and oxygen atoms in total. The second kappa shape index (κ2) is 9.96. The van der Waals surface area contributed by atoms with E-state index in [4.69, 9.17) is 14.2 Å². The van der Waals surface area contributed by atoms with Gasteiger partial charge in [0.1, 0.15) is 5.82 Å². The fraction of sp³-hybridized carbons (Fsp3) is 0.0800. The number of esters is 2. The fourth-order valence-corrected chi connectivity index (χ4v) is 3.19. The van der Waals surface area contributed by atoms with Gasteiger partial charge in [0.25, 0.3) is 5.69 Å². The first-order valence-electron chi connectivity index (χ1n) is 10.4. The van der Waals surface area contributed by atoms with Crippen LogP contribution in [-0.4, -0.2) is 29.4 Å². The van der Waals surface area contributed by atoms with Gasteiger partial charge in [-0.3, -0.25) is 10.1 Å². The molecular formula is C25H17FN2O7. The molecule has 0 fully saturated rings. The summed E-state index contributed by atoms with van der Waals surface area (Å²) in [4.78, 5) is 39.2. The van der Waals surface area contributed by atoms with Crippen LogP contribution in [0.1, 0.15) is 28.4 Å². The summed E-state index contributed by atoms with van der Waals surface area (Å²) in [6.45, 7) is 1.98. The highest BCUT2D eigenvalue weighted by atomic mass is 19.1. The summed E-state index contributed by atoms with van der Waals surface area (Å²) in [6.07, 6.45) is 1.42. The standard InChI is InChI=1S/C25H17FN2O7/c1-2-33-22-13-15(12-20-25(30)35-23(27-20)18-8-3-4-9-19(18)26)10-11-21(22)34-24(29)16-6-5-7-17(14-16)28(31)32/h3-14H,2H2,1H3/b20-12+. The van der Waals surface area contributed by atoms with Crippen molar-refractivity contribution in [2.75, 3.05) is 6.61 Å². The van der Waals surface area contributed by atoms with Crippen molar-refractivity contribution in [3.05, 3.63) is 105 Å². The number of hydrogen-bond acceptors (Lipinski definition) is 8. The molecule has 10 heteroatoms. The topological polar surface area (TPSA) is 117 Å². The number of cyclic esters (lactones) is 1. The van der Waals surface area contributed by atoms with Gasteiger partial charge in [-0.25, -0.2) is 19.0 Å². The monoisotopic (exact) mass is 476 g/mol. The van der Waals surface area contributed by atoms with Crippen molar-refractivity contribution in [3.8, 4) is 11.5 Å². The predicted molar refractivity (Wildman–Crippen MR) is 123 cm³/mol. The van der Waals surface area contributed by atoms with Gasteiger partial charge in [-0.2, -0.15) is 0 Å². The number of benzene rings is 3. The van der Waals surface area contributed by atoms with E-state index >= 15 is 0 Å². The molecule has 0 spiro atoms. The summed E-state index contributed by atoms with van der Waals surface area (Å²) in [5.41, 5.74) is 0.241. The molecule has 35 heavy (non-hydrogen) atoms. The van der Waals surface area contributed by atoms with Gasteiger partial charge in [0.15, 0.2) is 17.2 Å². The maximum Gasteiger partial charge on any atom is 0.363 e. The average molecular weight is 476 g/mol. The summed E-state index contributed by atoms with van der Waals surface area (Å²) in [5.74, 6) is -2.00. The van der Waals surface area contributed by atoms with E-state index < -0.39 is 22.7 Å². The number of nitro benzene ring substituents is 1. The molecule has 0 bridgehead atoms. The van der Waals surface area contributed by atoms with Crippen LogP contribution in [0.4, 0.5) is 10.1 Å². The molecule has 0 atom stereocenters. The van der Waals surface area contributed by atoms with Crippen LogP contribution in [0.25, 0.3) is 6.08 Å². The molecule has 0 unspecified atom stereocenters. The highest BCUT2D eigenvalue weighted by Crippen LogP contribution is 2.31. The molecule has 0 saturated carbocycles. The Labute approximate surface area is 198 Å². The minimum atomic E-state index is -0.806. The Bertz CT molecular complexity index is 1400. The zero-order valence-electron chi connectivity index (χ0n) is 18.3. The van der Waals surface area contributed by atoms with Gasteiger partial charge in [0.05, 0.1) is 22.7 Å². The molecular weight excluding hydrogens is 459 g/mol. The van der Waals surface area contributed by atoms with Crippen molar-refractivity contribution in [1.82, 2.24) is 0 Å². The number of ether oxygens (including phenoxy) is 3. The molecule has 1 heterocycles. The summed E-state index contributed by atoms with van der Waals surface area (Å²) >= 11 is 0. The Balaban J connectivity index is 1.60. The largest absolute Gasteiger partial charge is 0.490 e. The van der Waals surface area contributed by atoms with Gasteiger partial charge in [0.2, 0.25) is 5.90 Å². The van der Waals surface area contributed by atoms with Gasteiger partial charge in [-0.1, -0.05) is 24.3 Å². The van der Waals surface area contributed by atoms with E-state index in [1.807, 2.05) is 0 Å². The van der Waals surface area contributed by atoms with Gasteiger partial charge < -0.3 is 14.2 Å². The third-order valence-corrected chi connectivity index (χ3v) is 4.79. The Morgan fingerprint density at radius 3 is 2.66 bits per heavy atom. The van der Waals surface area contributed by atoms with E-state index in [0.29, 0.717) is 5.56 Å². The molecule has 0 saturated heterocycles. The number of non-ortho nitro benzene ring substituents is 1. The number of nitro groups is 1. The lowest BCUT2D eigenvalue weighted by Crippen LogP contribution is -2.10. The second-order valence-electron chi connectivity index (χ2n) is 7.15. The molecule has 0 radical (unpaired) electrons. The Kier molecular flexibility index (Phi) is 6.63. The quantitative estimate of drug-likeness (QED) is 0.160. The minimum absolute atomic E-state index is 0.00319. The summed E-state index contributed by atoms with van der Waals surface area (Å²) in [7, 11) is 0. The van der Waals surface area contributed by atoms with Gasteiger partial charge in [0, 0.05) is 12.1 Å². The number of rotatable bonds is 7. The van der Waals surface area contributed by atoms with Crippen molar-refractivity contribution in [1.29, 1.82) is 0 Å². The maximum atomic E-state index is 14.0. The predicted octanol–water partition coefficient (Wildman–Crippen LogP) is 4.70. The molecule has 3 aromatic rings. The average Bonchev–Trinajstić information content (AvgIpc) is 3.20. The molecule has 3 aromatic carbocycles. The van der Waals surface area contributed by atoms with Crippen LogP contribution < -0.4 is 9.47 Å². The Morgan fingerprint density at radius 2 is 1.91 bits per heavy atom. The van der Waals surface area contributed by atoms with Crippen molar-refractivity contribution in [2.24, 2.45) is 4.99 Å². The van der Waals surface area contributed by atoms with Crippen LogP contribution in [0.2, 0.25) is 0 Å². The Hall–Kier alpha value is -4.86. The van der Waals surface area contributed by atoms with Gasteiger partial charge in [-0.15, -0.1) is 0 Å². The molecule has 0 aliphatic carbocycles. The van der Waals surface area contributed by atoms with E-state index in [2.05, 4.69) is 4.99 Å². The Morgan fingerprint density at radius 1 is 1.11 bits per heavy atom. The SMILES string of the molecule is CCOc1cc(/C=C2/N=C(c3ccccc3F)OC2=O)ccc1OC(=O)c1cccc([N+](=O)[O-])c1. The normalized spacial score (nSPS) is 13.8. The lowest BCUT2D eigenvalue weighted by atomic mass is 10.1. The summed E-state index contributed by atoms with van der Waals surface area (Å²) in [6, 6.07) is 15.5. The first-order valence-corrected chi connectivity index (χ1v) is 10.4. The molecule has 0 N–H and O–H groups in total. The third kappa shape index (κ3) is 5.22. The van der Waals surface area contributed by atoms with Crippen molar-refractivity contribution in [2.45, 2.75) is 6.92 Å². The molecule has 4 rings (SSSR count). The van der Waals surface area contributed by atoms with Crippen LogP contribution in [0.15, 0.2) is 77.4 Å². The van der Waals surface area contributed by atoms with Crippen LogP contribution in [0, 0.1) is 15.9 Å². The van der Waals surface area contributed by atoms with Crippen molar-refractivity contribution in [3.63, 3.8) is 0 Å². The number of carbonyl (C=O) groups is 2. The van der Waals surface area contributed by atoms with Crippen LogP contribution in [-0.2, 0) is 9.53 Å². The maximum absolute atomic E-state index is 14.0. The van der Waals surface area contributed by atoms with E-state index in [-0.39, 0.29) is 46.5 Å². The van der Waals surface area contributed by atoms with E-state index in [9.17, 15) is 24.1 Å². The molecule has 0 aromatic heterocycles. The number of halogens is 1. The molecule has 176 valence electrons. The van der Waals surface area contributed by atoms with Crippen LogP contribution in [0.5, 0.6) is 11.5 Å². The zero-order chi connectivity index (χ0) is 24.9. The highest BCUT2D eigenvalue weighted by Gasteiger charge is 2.26. The van der Waals surface area contributed by atoms with Gasteiger partial charge >= 0.3 is 11.9 Å². The number of aliphatic imine (C=N–C) groups is 1. The summed E-state index contributed by atoms with van der Waals surface area (Å²) < 4.78 is 30.0. The first-order chi connectivity index (χ1) is 16.9. The molecule has 0 amide bonds. The van der Waals surface area contributed by atoms with E-state index in [1.165, 1.54) is 54.6 Å². The second-order valence-corrected chi connectivity index (χ2v) is 7.15. The number of nitrogens with zero attached hydrogens (tertiary/aromatic N) is 2. The van der Waals surface area contributed by atoms with Crippen molar-refractivity contribution < 1.29 is 33.1 Å². The van der Waals surface area contributed by atoms with Crippen LogP contribution >= 0.6 is 0 Å². The first kappa shape index (κ1) is 23.3. The van der Waals surface area contributed by atoms with E-state index in [0.717, 1.165) is 6.07 Å². The lowest BCUT2D eigenvalue weighted by molar-refractivity contribution is -0.384. The highest BCUT2D eigenvalue weighted by molar-refractivity contribution is 6.13. The smallest absolute Gasteiger partial charge is 0.363 e. The van der Waals surface area contributed by atoms with Crippen molar-refractivity contribution >= 4 is 29.6 Å². The van der Waals surface area contributed by atoms with Gasteiger partial charge in [-0.05, 0) is 48.9 Å². The molecule has 1 aliphatic rings. The molecule has 1 aliphatic heterocycles. The van der Waals surface area contributed by atoms with Crippen LogP contribution in [0.3, 0.4) is 0 Å². The minimum Gasteiger partial charge on any atom is -0.490 e.